The molecular weight excluding hydrogens is 357 g/mol. The number of hydrogen-bond acceptors (Lipinski definition) is 3. The molecule has 0 fully saturated rings. The van der Waals surface area contributed by atoms with Crippen molar-refractivity contribution in [1.29, 1.82) is 0 Å². The normalized spacial score (nSPS) is 14.8. The molecule has 0 aromatic rings. The topological polar surface area (TPSA) is 55.4 Å². The van der Waals surface area contributed by atoms with Crippen LogP contribution in [-0.4, -0.2) is 24.5 Å². The van der Waals surface area contributed by atoms with Gasteiger partial charge in [-0.05, 0) is 16.1 Å². The van der Waals surface area contributed by atoms with Crippen molar-refractivity contribution in [2.75, 3.05) is 6.54 Å². The van der Waals surface area contributed by atoms with E-state index < -0.39 is 0 Å². The first-order chi connectivity index (χ1) is 8.88. The minimum Gasteiger partial charge on any atom is -0.462 e. The number of halogens is 1. The highest BCUT2D eigenvalue weighted by atomic mass is 127. The number of hydrogen-bond donors (Lipinski definition) is 1. The van der Waals surface area contributed by atoms with Crippen LogP contribution in [-0.2, 0) is 14.3 Å². The molecule has 1 amide bonds. The molecule has 2 atom stereocenters. The van der Waals surface area contributed by atoms with E-state index in [1.165, 1.54) is 13.0 Å². The molecule has 0 aliphatic carbocycles. The van der Waals surface area contributed by atoms with Crippen molar-refractivity contribution in [3.8, 4) is 0 Å². The second kappa shape index (κ2) is 10.00. The molecule has 0 bridgehead atoms. The van der Waals surface area contributed by atoms with E-state index in [0.717, 1.165) is 0 Å². The summed E-state index contributed by atoms with van der Waals surface area (Å²) in [5.41, 5.74) is 0. The molecule has 0 saturated carbocycles. The highest BCUT2D eigenvalue weighted by molar-refractivity contribution is 14.1. The summed E-state index contributed by atoms with van der Waals surface area (Å²) in [6, 6.07) is 0. The first-order valence-corrected chi connectivity index (χ1v) is 7.51. The number of nitrogens with one attached hydrogen (secondary N) is 1. The Hall–Kier alpha value is -0.850. The van der Waals surface area contributed by atoms with Gasteiger partial charge in [0.2, 0.25) is 5.91 Å². The van der Waals surface area contributed by atoms with Crippen molar-refractivity contribution >= 4 is 34.5 Å². The van der Waals surface area contributed by atoms with Crippen molar-refractivity contribution in [3.05, 3.63) is 22.3 Å². The average molecular weight is 379 g/mol. The Kier molecular flexibility index (Phi) is 9.55. The van der Waals surface area contributed by atoms with Gasteiger partial charge >= 0.3 is 5.97 Å². The fraction of sp³-hybridized carbons (Fsp3) is 0.571. The standard InChI is InChI=1S/C14H22INO3/c1-10(2)14(19-12(4)17)11(3)6-7-13(18)16-9-5-8-15/h5-8,10-11,14H,9H2,1-4H3,(H,16,18)/b7-6+,8-5+/t11-,14-/m1/s1. The van der Waals surface area contributed by atoms with Crippen molar-refractivity contribution in [2.24, 2.45) is 11.8 Å². The molecule has 1 N–H and O–H groups in total. The molecule has 108 valence electrons. The van der Waals surface area contributed by atoms with Crippen LogP contribution >= 0.6 is 22.6 Å². The van der Waals surface area contributed by atoms with Gasteiger partial charge in [-0.1, -0.05) is 55.5 Å². The average Bonchev–Trinajstić information content (AvgIpc) is 2.32. The summed E-state index contributed by atoms with van der Waals surface area (Å²) in [4.78, 5) is 22.5. The number of amides is 1. The van der Waals surface area contributed by atoms with Crippen molar-refractivity contribution in [1.82, 2.24) is 5.32 Å². The van der Waals surface area contributed by atoms with Gasteiger partial charge in [-0.3, -0.25) is 9.59 Å². The van der Waals surface area contributed by atoms with Crippen LogP contribution in [0.4, 0.5) is 0 Å². The largest absolute Gasteiger partial charge is 0.462 e. The van der Waals surface area contributed by atoms with Gasteiger partial charge in [0.05, 0.1) is 0 Å². The van der Waals surface area contributed by atoms with Gasteiger partial charge in [-0.2, -0.15) is 0 Å². The fourth-order valence-corrected chi connectivity index (χ4v) is 1.91. The molecule has 0 aliphatic rings. The lowest BCUT2D eigenvalue weighted by Crippen LogP contribution is -2.29. The minimum atomic E-state index is -0.296. The van der Waals surface area contributed by atoms with Gasteiger partial charge in [0.1, 0.15) is 6.10 Å². The zero-order chi connectivity index (χ0) is 14.8. The molecule has 5 heteroatoms. The molecule has 0 radical (unpaired) electrons. The number of rotatable bonds is 7. The van der Waals surface area contributed by atoms with Crippen LogP contribution < -0.4 is 5.32 Å². The highest BCUT2D eigenvalue weighted by Gasteiger charge is 2.21. The Bertz CT molecular complexity index is 351. The minimum absolute atomic E-state index is 0.00485. The molecule has 19 heavy (non-hydrogen) atoms. The van der Waals surface area contributed by atoms with Gasteiger partial charge in [-0.25, -0.2) is 0 Å². The summed E-state index contributed by atoms with van der Waals surface area (Å²) in [5, 5.41) is 2.72. The Labute approximate surface area is 128 Å². The molecule has 0 aromatic carbocycles. The van der Waals surface area contributed by atoms with Crippen LogP contribution in [0.3, 0.4) is 0 Å². The molecule has 0 spiro atoms. The molecule has 0 aliphatic heterocycles. The smallest absolute Gasteiger partial charge is 0.302 e. The van der Waals surface area contributed by atoms with E-state index in [-0.39, 0.29) is 29.8 Å². The number of esters is 1. The summed E-state index contributed by atoms with van der Waals surface area (Å²) in [5.74, 6) is -0.245. The zero-order valence-electron chi connectivity index (χ0n) is 11.9. The van der Waals surface area contributed by atoms with Crippen LogP contribution in [0.1, 0.15) is 27.7 Å². The van der Waals surface area contributed by atoms with Crippen LogP contribution in [0.15, 0.2) is 22.3 Å². The fourth-order valence-electron chi connectivity index (χ4n) is 1.65. The second-order valence-corrected chi connectivity index (χ2v) is 5.36. The zero-order valence-corrected chi connectivity index (χ0v) is 14.0. The van der Waals surface area contributed by atoms with E-state index in [4.69, 9.17) is 4.74 Å². The van der Waals surface area contributed by atoms with Gasteiger partial charge in [0.15, 0.2) is 0 Å². The summed E-state index contributed by atoms with van der Waals surface area (Å²) < 4.78 is 7.12. The predicted octanol–water partition coefficient (Wildman–Crippen LogP) is 2.83. The Morgan fingerprint density at radius 1 is 1.32 bits per heavy atom. The molecule has 0 saturated heterocycles. The lowest BCUT2D eigenvalue weighted by atomic mass is 9.94. The third-order valence-electron chi connectivity index (χ3n) is 2.51. The van der Waals surface area contributed by atoms with Gasteiger partial charge in [0, 0.05) is 19.4 Å². The Morgan fingerprint density at radius 3 is 2.42 bits per heavy atom. The predicted molar refractivity (Wildman–Crippen MR) is 84.9 cm³/mol. The number of carbonyl (C=O) groups excluding carboxylic acids is 2. The lowest BCUT2D eigenvalue weighted by molar-refractivity contribution is -0.150. The summed E-state index contributed by atoms with van der Waals surface area (Å²) in [6.07, 6.45) is 4.91. The molecule has 4 nitrogen and oxygen atoms in total. The van der Waals surface area contributed by atoms with Crippen LogP contribution in [0.25, 0.3) is 0 Å². The van der Waals surface area contributed by atoms with E-state index >= 15 is 0 Å². The monoisotopic (exact) mass is 379 g/mol. The first kappa shape index (κ1) is 18.1. The van der Waals surface area contributed by atoms with Crippen LogP contribution in [0.2, 0.25) is 0 Å². The Balaban J connectivity index is 4.41. The van der Waals surface area contributed by atoms with Gasteiger partial charge in [-0.15, -0.1) is 0 Å². The highest BCUT2D eigenvalue weighted by Crippen LogP contribution is 2.18. The van der Waals surface area contributed by atoms with Gasteiger partial charge in [0.25, 0.3) is 0 Å². The van der Waals surface area contributed by atoms with Gasteiger partial charge < -0.3 is 10.1 Å². The van der Waals surface area contributed by atoms with E-state index in [1.807, 2.05) is 30.9 Å². The maximum absolute atomic E-state index is 11.5. The Morgan fingerprint density at radius 2 is 1.95 bits per heavy atom. The third kappa shape index (κ3) is 8.80. The van der Waals surface area contributed by atoms with E-state index in [0.29, 0.717) is 6.54 Å². The molecule has 0 unspecified atom stereocenters. The summed E-state index contributed by atoms with van der Waals surface area (Å²) in [7, 11) is 0. The molecular formula is C14H22INO3. The third-order valence-corrected chi connectivity index (χ3v) is 3.02. The van der Waals surface area contributed by atoms with E-state index in [1.54, 1.807) is 6.08 Å². The lowest BCUT2D eigenvalue weighted by Gasteiger charge is -2.24. The molecule has 0 heterocycles. The second-order valence-electron chi connectivity index (χ2n) is 4.64. The van der Waals surface area contributed by atoms with Crippen molar-refractivity contribution < 1.29 is 14.3 Å². The SMILES string of the molecule is CC(=O)O[C@H](C(C)C)[C@H](C)/C=C/C(=O)NC/C=C/I. The number of carbonyl (C=O) groups is 2. The first-order valence-electron chi connectivity index (χ1n) is 6.27. The number of ether oxygens (including phenoxy) is 1. The maximum atomic E-state index is 11.5. The van der Waals surface area contributed by atoms with Crippen molar-refractivity contribution in [2.45, 2.75) is 33.8 Å². The summed E-state index contributed by atoms with van der Waals surface area (Å²) >= 11 is 2.09. The maximum Gasteiger partial charge on any atom is 0.302 e. The molecule has 0 rings (SSSR count). The quantitative estimate of drug-likeness (QED) is 0.421. The van der Waals surface area contributed by atoms with E-state index in [9.17, 15) is 9.59 Å². The van der Waals surface area contributed by atoms with Crippen LogP contribution in [0, 0.1) is 11.8 Å². The summed E-state index contributed by atoms with van der Waals surface area (Å²) in [6.45, 7) is 7.82. The van der Waals surface area contributed by atoms with Crippen molar-refractivity contribution in [3.63, 3.8) is 0 Å². The molecule has 0 aromatic heterocycles. The van der Waals surface area contributed by atoms with Crippen LogP contribution in [0.5, 0.6) is 0 Å². The van der Waals surface area contributed by atoms with E-state index in [2.05, 4.69) is 27.9 Å².